The molecule has 27 heavy (non-hydrogen) atoms. The van der Waals surface area contributed by atoms with E-state index in [0.29, 0.717) is 28.9 Å². The number of halogens is 2. The molecule has 0 spiro atoms. The average Bonchev–Trinajstić information content (AvgIpc) is 2.60. The van der Waals surface area contributed by atoms with Crippen molar-refractivity contribution in [2.75, 3.05) is 27.3 Å². The Bertz CT molecular complexity index is 705. The Morgan fingerprint density at radius 2 is 1.74 bits per heavy atom. The van der Waals surface area contributed by atoms with Crippen molar-refractivity contribution in [3.05, 3.63) is 34.0 Å². The van der Waals surface area contributed by atoms with Crippen LogP contribution in [0.25, 0.3) is 5.57 Å². The minimum absolute atomic E-state index is 0.203. The summed E-state index contributed by atoms with van der Waals surface area (Å²) < 4.78 is 16.3. The molecule has 0 saturated carbocycles. The molecule has 1 fully saturated rings. The molecule has 1 aromatic carbocycles. The number of methoxy groups -OCH3 is 2. The van der Waals surface area contributed by atoms with Gasteiger partial charge in [0.05, 0.1) is 30.5 Å². The molecule has 150 valence electrons. The van der Waals surface area contributed by atoms with Crippen molar-refractivity contribution >= 4 is 34.9 Å². The van der Waals surface area contributed by atoms with Crippen LogP contribution in [-0.2, 0) is 9.47 Å². The number of ether oxygens (including phenoxy) is 3. The number of carbonyl (C=O) groups is 1. The number of likely N-dealkylation sites (tertiary alicyclic amines) is 1. The molecule has 0 unspecified atom stereocenters. The van der Waals surface area contributed by atoms with Gasteiger partial charge in [-0.15, -0.1) is 0 Å². The van der Waals surface area contributed by atoms with Gasteiger partial charge in [-0.05, 0) is 45.6 Å². The zero-order valence-corrected chi connectivity index (χ0v) is 18.0. The van der Waals surface area contributed by atoms with Gasteiger partial charge >= 0.3 is 6.09 Å². The van der Waals surface area contributed by atoms with Crippen LogP contribution < -0.4 is 4.74 Å². The van der Waals surface area contributed by atoms with Crippen molar-refractivity contribution in [3.63, 3.8) is 0 Å². The molecule has 1 heterocycles. The van der Waals surface area contributed by atoms with Crippen LogP contribution in [0.5, 0.6) is 5.75 Å². The first-order valence-electron chi connectivity index (χ1n) is 8.90. The van der Waals surface area contributed by atoms with Crippen LogP contribution in [0.15, 0.2) is 18.4 Å². The Kier molecular flexibility index (Phi) is 7.29. The van der Waals surface area contributed by atoms with Crippen LogP contribution in [0.2, 0.25) is 10.0 Å². The van der Waals surface area contributed by atoms with Crippen molar-refractivity contribution in [2.24, 2.45) is 5.92 Å². The fourth-order valence-corrected chi connectivity index (χ4v) is 3.45. The van der Waals surface area contributed by atoms with E-state index < -0.39 is 5.60 Å². The lowest BCUT2D eigenvalue weighted by atomic mass is 9.85. The van der Waals surface area contributed by atoms with Crippen LogP contribution in [0.3, 0.4) is 0 Å². The van der Waals surface area contributed by atoms with E-state index in [1.54, 1.807) is 37.5 Å². The van der Waals surface area contributed by atoms with E-state index >= 15 is 0 Å². The smallest absolute Gasteiger partial charge is 0.410 e. The Hall–Kier alpha value is -1.59. The van der Waals surface area contributed by atoms with E-state index in [1.807, 2.05) is 20.8 Å². The number of piperidine rings is 1. The summed E-state index contributed by atoms with van der Waals surface area (Å²) in [6.07, 6.45) is 3.02. The average molecular weight is 416 g/mol. The predicted molar refractivity (Wildman–Crippen MR) is 109 cm³/mol. The van der Waals surface area contributed by atoms with Gasteiger partial charge in [0.1, 0.15) is 11.4 Å². The first kappa shape index (κ1) is 21.7. The van der Waals surface area contributed by atoms with E-state index in [2.05, 4.69) is 0 Å². The predicted octanol–water partition coefficient (Wildman–Crippen LogP) is 5.64. The van der Waals surface area contributed by atoms with Crippen molar-refractivity contribution in [3.8, 4) is 5.75 Å². The first-order chi connectivity index (χ1) is 12.7. The van der Waals surface area contributed by atoms with Crippen LogP contribution in [0.4, 0.5) is 4.79 Å². The molecule has 1 aromatic rings. The topological polar surface area (TPSA) is 48.0 Å². The summed E-state index contributed by atoms with van der Waals surface area (Å²) in [5.74, 6) is 0.844. The van der Waals surface area contributed by atoms with Gasteiger partial charge < -0.3 is 19.1 Å². The lowest BCUT2D eigenvalue weighted by Crippen LogP contribution is -2.41. The molecule has 0 N–H and O–H groups in total. The van der Waals surface area contributed by atoms with E-state index in [4.69, 9.17) is 37.4 Å². The monoisotopic (exact) mass is 415 g/mol. The van der Waals surface area contributed by atoms with Gasteiger partial charge in [-0.1, -0.05) is 23.2 Å². The fraction of sp³-hybridized carbons (Fsp3) is 0.550. The Labute approximate surface area is 171 Å². The number of rotatable bonds is 4. The maximum Gasteiger partial charge on any atom is 0.410 e. The molecule has 1 aliphatic heterocycles. The Morgan fingerprint density at radius 3 is 2.26 bits per heavy atom. The SMILES string of the molecule is CO/C=C(/c1cc(Cl)c(Cl)cc1OC)C1CCN(C(=O)OC(C)(C)C)CC1. The highest BCUT2D eigenvalue weighted by atomic mass is 35.5. The van der Waals surface area contributed by atoms with E-state index in [-0.39, 0.29) is 12.0 Å². The van der Waals surface area contributed by atoms with Crippen LogP contribution >= 0.6 is 23.2 Å². The second-order valence-electron chi connectivity index (χ2n) is 7.52. The van der Waals surface area contributed by atoms with Gasteiger partial charge in [0.15, 0.2) is 0 Å². The number of nitrogens with zero attached hydrogens (tertiary/aromatic N) is 1. The molecule has 0 bridgehead atoms. The lowest BCUT2D eigenvalue weighted by Gasteiger charge is -2.34. The number of benzene rings is 1. The van der Waals surface area contributed by atoms with E-state index in [9.17, 15) is 4.79 Å². The van der Waals surface area contributed by atoms with Gasteiger partial charge in [-0.2, -0.15) is 0 Å². The van der Waals surface area contributed by atoms with E-state index in [1.165, 1.54) is 0 Å². The van der Waals surface area contributed by atoms with Gasteiger partial charge in [-0.3, -0.25) is 0 Å². The molecule has 5 nitrogen and oxygen atoms in total. The lowest BCUT2D eigenvalue weighted by molar-refractivity contribution is 0.0199. The molecule has 1 amide bonds. The number of amides is 1. The molecule has 1 aliphatic rings. The highest BCUT2D eigenvalue weighted by molar-refractivity contribution is 6.42. The van der Waals surface area contributed by atoms with Gasteiger partial charge in [0.2, 0.25) is 0 Å². The minimum Gasteiger partial charge on any atom is -0.504 e. The zero-order chi connectivity index (χ0) is 20.2. The fourth-order valence-electron chi connectivity index (χ4n) is 3.13. The molecule has 0 atom stereocenters. The highest BCUT2D eigenvalue weighted by Gasteiger charge is 2.30. The summed E-state index contributed by atoms with van der Waals surface area (Å²) in [6.45, 7) is 6.84. The van der Waals surface area contributed by atoms with Gasteiger partial charge in [0.25, 0.3) is 0 Å². The van der Waals surface area contributed by atoms with Gasteiger partial charge in [-0.25, -0.2) is 4.79 Å². The quantitative estimate of drug-likeness (QED) is 0.597. The summed E-state index contributed by atoms with van der Waals surface area (Å²) in [6, 6.07) is 3.51. The Morgan fingerprint density at radius 1 is 1.15 bits per heavy atom. The third kappa shape index (κ3) is 5.69. The van der Waals surface area contributed by atoms with Crippen LogP contribution in [0, 0.1) is 5.92 Å². The zero-order valence-electron chi connectivity index (χ0n) is 16.5. The highest BCUT2D eigenvalue weighted by Crippen LogP contribution is 2.40. The first-order valence-corrected chi connectivity index (χ1v) is 9.66. The molecule has 7 heteroatoms. The third-order valence-electron chi connectivity index (χ3n) is 4.38. The standard InChI is InChI=1S/C20H27Cl2NO4/c1-20(2,3)27-19(24)23-8-6-13(7-9-23)15(12-25-4)14-10-16(21)17(22)11-18(14)26-5/h10-13H,6-9H2,1-5H3/b15-12+. The second-order valence-corrected chi connectivity index (χ2v) is 8.33. The summed E-state index contributed by atoms with van der Waals surface area (Å²) in [5, 5.41) is 0.898. The summed E-state index contributed by atoms with van der Waals surface area (Å²) in [7, 11) is 3.21. The van der Waals surface area contributed by atoms with E-state index in [0.717, 1.165) is 24.0 Å². The van der Waals surface area contributed by atoms with Crippen molar-refractivity contribution < 1.29 is 19.0 Å². The third-order valence-corrected chi connectivity index (χ3v) is 5.11. The molecule has 2 rings (SSSR count). The van der Waals surface area contributed by atoms with Crippen molar-refractivity contribution in [1.82, 2.24) is 4.90 Å². The molecule has 0 aromatic heterocycles. The number of hydrogen-bond acceptors (Lipinski definition) is 4. The second kappa shape index (κ2) is 9.07. The molecule has 1 saturated heterocycles. The Balaban J connectivity index is 2.18. The molecule has 0 radical (unpaired) electrons. The number of allylic oxidation sites excluding steroid dienone is 1. The molecular weight excluding hydrogens is 389 g/mol. The maximum absolute atomic E-state index is 12.3. The van der Waals surface area contributed by atoms with Crippen LogP contribution in [-0.4, -0.2) is 43.9 Å². The normalized spacial score (nSPS) is 16.3. The molecule has 0 aliphatic carbocycles. The summed E-state index contributed by atoms with van der Waals surface area (Å²) in [5.41, 5.74) is 1.34. The van der Waals surface area contributed by atoms with Crippen LogP contribution in [0.1, 0.15) is 39.2 Å². The molecular formula is C20H27Cl2NO4. The summed E-state index contributed by atoms with van der Waals surface area (Å²) >= 11 is 12.3. The van der Waals surface area contributed by atoms with Crippen molar-refractivity contribution in [1.29, 1.82) is 0 Å². The maximum atomic E-state index is 12.3. The largest absolute Gasteiger partial charge is 0.504 e. The minimum atomic E-state index is -0.498. The number of hydrogen-bond donors (Lipinski definition) is 0. The van der Waals surface area contributed by atoms with Gasteiger partial charge in [0, 0.05) is 30.3 Å². The summed E-state index contributed by atoms with van der Waals surface area (Å²) in [4.78, 5) is 14.0. The van der Waals surface area contributed by atoms with Crippen molar-refractivity contribution in [2.45, 2.75) is 39.2 Å². The number of carbonyl (C=O) groups excluding carboxylic acids is 1.